The number of allylic oxidation sites excluding steroid dienone is 1. The molecule has 0 N–H and O–H groups in total. The van der Waals surface area contributed by atoms with Crippen molar-refractivity contribution in [3.05, 3.63) is 187 Å². The van der Waals surface area contributed by atoms with Crippen LogP contribution in [0.5, 0.6) is 0 Å². The number of benzene rings is 6. The van der Waals surface area contributed by atoms with Gasteiger partial charge in [-0.25, -0.2) is 0 Å². The summed E-state index contributed by atoms with van der Waals surface area (Å²) in [5, 5.41) is 0.495. The van der Waals surface area contributed by atoms with E-state index in [4.69, 9.17) is 23.2 Å². The zero-order valence-electron chi connectivity index (χ0n) is 26.1. The standard InChI is InChI=1S/C43H27Cl2NO2/c1-24-15-17-38(25(2)19-24)46-39-14-8-7-13-34(39)43(32-11-5-3-9-27(32)28-10-4-6-12-33(28)43)35-21-26(16-18-40(35)46)20-31-41(47)29-22-36(44)37(45)23-30(29)42(31)48/h3-23H,1-2H3. The van der Waals surface area contributed by atoms with Crippen molar-refractivity contribution >= 4 is 57.9 Å². The van der Waals surface area contributed by atoms with Crippen LogP contribution in [-0.2, 0) is 5.41 Å². The average Bonchev–Trinajstić information content (AvgIpc) is 3.51. The van der Waals surface area contributed by atoms with Crippen LogP contribution in [0.2, 0.25) is 10.0 Å². The third-order valence-corrected chi connectivity index (χ3v) is 10.8. The molecule has 0 bridgehead atoms. The van der Waals surface area contributed by atoms with E-state index in [2.05, 4.69) is 122 Å². The second-order valence-corrected chi connectivity index (χ2v) is 13.6. The van der Waals surface area contributed by atoms with E-state index in [-0.39, 0.29) is 38.3 Å². The van der Waals surface area contributed by atoms with Crippen LogP contribution in [0.15, 0.2) is 127 Å². The van der Waals surface area contributed by atoms with Gasteiger partial charge in [0, 0.05) is 16.8 Å². The van der Waals surface area contributed by atoms with Gasteiger partial charge in [0.15, 0.2) is 11.6 Å². The Morgan fingerprint density at radius 2 is 1.08 bits per heavy atom. The molecule has 0 amide bonds. The molecule has 2 aliphatic carbocycles. The van der Waals surface area contributed by atoms with E-state index in [0.717, 1.165) is 28.2 Å². The molecule has 5 heteroatoms. The Hall–Kier alpha value is -5.22. The summed E-state index contributed by atoms with van der Waals surface area (Å²) in [5.41, 5.74) is 13.5. The summed E-state index contributed by atoms with van der Waals surface area (Å²) < 4.78 is 0. The van der Waals surface area contributed by atoms with E-state index >= 15 is 0 Å². The molecule has 230 valence electrons. The van der Waals surface area contributed by atoms with Crippen molar-refractivity contribution in [2.75, 3.05) is 4.90 Å². The van der Waals surface area contributed by atoms with Crippen LogP contribution in [0.25, 0.3) is 17.2 Å². The van der Waals surface area contributed by atoms with Crippen molar-refractivity contribution in [1.82, 2.24) is 0 Å². The molecule has 0 aromatic heterocycles. The summed E-state index contributed by atoms with van der Waals surface area (Å²) >= 11 is 12.5. The van der Waals surface area contributed by atoms with Gasteiger partial charge in [0.1, 0.15) is 0 Å². The second-order valence-electron chi connectivity index (χ2n) is 12.8. The first kappa shape index (κ1) is 29.0. The number of ketones is 2. The molecular formula is C43H27Cl2NO2. The van der Waals surface area contributed by atoms with Crippen molar-refractivity contribution in [3.63, 3.8) is 0 Å². The van der Waals surface area contributed by atoms with E-state index in [0.29, 0.717) is 0 Å². The van der Waals surface area contributed by atoms with Crippen LogP contribution in [0.3, 0.4) is 0 Å². The van der Waals surface area contributed by atoms with Crippen LogP contribution < -0.4 is 4.90 Å². The maximum atomic E-state index is 13.6. The second kappa shape index (κ2) is 10.4. The van der Waals surface area contributed by atoms with Crippen molar-refractivity contribution in [1.29, 1.82) is 0 Å². The number of carbonyl (C=O) groups is 2. The molecule has 6 aromatic rings. The monoisotopic (exact) mass is 659 g/mol. The van der Waals surface area contributed by atoms with Gasteiger partial charge in [-0.3, -0.25) is 9.59 Å². The molecule has 0 saturated heterocycles. The highest BCUT2D eigenvalue weighted by Crippen LogP contribution is 2.63. The Morgan fingerprint density at radius 1 is 0.542 bits per heavy atom. The molecule has 3 nitrogen and oxygen atoms in total. The van der Waals surface area contributed by atoms with Gasteiger partial charge in [-0.05, 0) is 101 Å². The predicted molar refractivity (Wildman–Crippen MR) is 195 cm³/mol. The minimum Gasteiger partial charge on any atom is -0.310 e. The summed E-state index contributed by atoms with van der Waals surface area (Å²) in [6.45, 7) is 4.27. The van der Waals surface area contributed by atoms with E-state index in [1.165, 1.54) is 51.1 Å². The number of hydrogen-bond acceptors (Lipinski definition) is 3. The fourth-order valence-electron chi connectivity index (χ4n) is 8.14. The van der Waals surface area contributed by atoms with Gasteiger partial charge in [-0.15, -0.1) is 0 Å². The van der Waals surface area contributed by atoms with Crippen molar-refractivity contribution < 1.29 is 9.59 Å². The van der Waals surface area contributed by atoms with E-state index in [9.17, 15) is 9.59 Å². The number of anilines is 3. The highest BCUT2D eigenvalue weighted by Gasteiger charge is 2.51. The fourth-order valence-corrected chi connectivity index (χ4v) is 8.47. The molecule has 3 aliphatic rings. The Balaban J connectivity index is 1.35. The molecule has 0 atom stereocenters. The highest BCUT2D eigenvalue weighted by molar-refractivity contribution is 6.46. The van der Waals surface area contributed by atoms with Crippen molar-refractivity contribution in [3.8, 4) is 11.1 Å². The molecule has 0 saturated carbocycles. The van der Waals surface area contributed by atoms with E-state index in [1.807, 2.05) is 6.07 Å². The lowest BCUT2D eigenvalue weighted by Gasteiger charge is -2.45. The zero-order chi connectivity index (χ0) is 32.9. The number of nitrogens with zero attached hydrogens (tertiary/aromatic N) is 1. The van der Waals surface area contributed by atoms with Gasteiger partial charge in [0.25, 0.3) is 0 Å². The first-order chi connectivity index (χ1) is 23.3. The summed E-state index contributed by atoms with van der Waals surface area (Å²) in [6, 6.07) is 41.8. The molecule has 0 fully saturated rings. The molecule has 6 aromatic carbocycles. The average molecular weight is 661 g/mol. The number of para-hydroxylation sites is 1. The van der Waals surface area contributed by atoms with Gasteiger partial charge < -0.3 is 4.90 Å². The van der Waals surface area contributed by atoms with Gasteiger partial charge in [0.2, 0.25) is 0 Å². The zero-order valence-corrected chi connectivity index (χ0v) is 27.7. The molecule has 1 spiro atoms. The Bertz CT molecular complexity index is 2370. The normalized spacial score (nSPS) is 14.8. The molecule has 9 rings (SSSR count). The van der Waals surface area contributed by atoms with Crippen molar-refractivity contribution in [2.45, 2.75) is 19.3 Å². The Morgan fingerprint density at radius 3 is 1.71 bits per heavy atom. The first-order valence-electron chi connectivity index (χ1n) is 15.9. The smallest absolute Gasteiger partial charge is 0.197 e. The molecule has 1 aliphatic heterocycles. The van der Waals surface area contributed by atoms with Crippen LogP contribution in [0, 0.1) is 13.8 Å². The number of aryl methyl sites for hydroxylation is 2. The van der Waals surface area contributed by atoms with Crippen LogP contribution in [0.4, 0.5) is 17.1 Å². The van der Waals surface area contributed by atoms with Crippen molar-refractivity contribution in [2.24, 2.45) is 0 Å². The van der Waals surface area contributed by atoms with Gasteiger partial charge >= 0.3 is 0 Å². The summed E-state index contributed by atoms with van der Waals surface area (Å²) in [5.74, 6) is -0.695. The van der Waals surface area contributed by atoms with Gasteiger partial charge in [-0.1, -0.05) is 114 Å². The topological polar surface area (TPSA) is 37.4 Å². The van der Waals surface area contributed by atoms with Crippen LogP contribution in [0.1, 0.15) is 59.7 Å². The molecule has 1 heterocycles. The minimum atomic E-state index is -0.642. The van der Waals surface area contributed by atoms with Crippen LogP contribution >= 0.6 is 23.2 Å². The predicted octanol–water partition coefficient (Wildman–Crippen LogP) is 11.2. The maximum absolute atomic E-state index is 13.6. The number of halogens is 2. The van der Waals surface area contributed by atoms with Gasteiger partial charge in [0.05, 0.1) is 32.4 Å². The quantitative estimate of drug-likeness (QED) is 0.137. The third kappa shape index (κ3) is 3.83. The SMILES string of the molecule is Cc1ccc(N2c3ccccc3C3(c4ccccc4-c4ccccc43)c3cc(C=C4C(=O)c5cc(Cl)c(Cl)cc5C4=O)ccc32)c(C)c1. The number of fused-ring (bicyclic) bond motifs is 10. The number of hydrogen-bond donors (Lipinski definition) is 0. The number of Topliss-reactive ketones (excluding diaryl/α,β-unsaturated/α-hetero) is 2. The summed E-state index contributed by atoms with van der Waals surface area (Å²) in [6.07, 6.45) is 1.72. The lowest BCUT2D eigenvalue weighted by Crippen LogP contribution is -2.36. The number of carbonyl (C=O) groups excluding carboxylic acids is 2. The third-order valence-electron chi connectivity index (χ3n) is 10.1. The van der Waals surface area contributed by atoms with Gasteiger partial charge in [-0.2, -0.15) is 0 Å². The Labute approximate surface area is 288 Å². The highest BCUT2D eigenvalue weighted by atomic mass is 35.5. The Kier molecular flexibility index (Phi) is 6.27. The maximum Gasteiger partial charge on any atom is 0.197 e. The number of rotatable bonds is 2. The fraction of sp³-hybridized carbons (Fsp3) is 0.0698. The molecular weight excluding hydrogens is 633 g/mol. The lowest BCUT2D eigenvalue weighted by atomic mass is 9.64. The summed E-state index contributed by atoms with van der Waals surface area (Å²) in [4.78, 5) is 29.6. The minimum absolute atomic E-state index is 0.104. The van der Waals surface area contributed by atoms with E-state index < -0.39 is 5.41 Å². The molecule has 48 heavy (non-hydrogen) atoms. The van der Waals surface area contributed by atoms with E-state index in [1.54, 1.807) is 6.08 Å². The lowest BCUT2D eigenvalue weighted by molar-refractivity contribution is 0.0990. The first-order valence-corrected chi connectivity index (χ1v) is 16.7. The van der Waals surface area contributed by atoms with Crippen LogP contribution in [-0.4, -0.2) is 11.6 Å². The largest absolute Gasteiger partial charge is 0.310 e. The molecule has 0 radical (unpaired) electrons. The molecule has 0 unspecified atom stereocenters. The summed E-state index contributed by atoms with van der Waals surface area (Å²) in [7, 11) is 0.